The van der Waals surface area contributed by atoms with Crippen LogP contribution in [0.25, 0.3) is 0 Å². The molecule has 0 saturated heterocycles. The summed E-state index contributed by atoms with van der Waals surface area (Å²) < 4.78 is 3.43. The normalized spacial score (nSPS) is 16.0. The van der Waals surface area contributed by atoms with Gasteiger partial charge in [0.25, 0.3) is 0 Å². The van der Waals surface area contributed by atoms with Crippen LogP contribution in [0.2, 0.25) is 0 Å². The quantitative estimate of drug-likeness (QED) is 0.522. The molecule has 0 spiro atoms. The fraction of sp³-hybridized carbons (Fsp3) is 0.231. The van der Waals surface area contributed by atoms with Crippen molar-refractivity contribution in [2.75, 3.05) is 19.8 Å². The maximum atomic E-state index is 11.1. The van der Waals surface area contributed by atoms with Crippen molar-refractivity contribution in [1.82, 2.24) is 15.1 Å². The Kier molecular flexibility index (Phi) is 3.88. The number of nitrogens with zero attached hydrogens (tertiary/aromatic N) is 4. The molecule has 2 rings (SSSR count). The van der Waals surface area contributed by atoms with Crippen LogP contribution < -0.4 is 16.8 Å². The fourth-order valence-corrected chi connectivity index (χ4v) is 1.78. The summed E-state index contributed by atoms with van der Waals surface area (Å²) in [6.07, 6.45) is 7.02. The molecule has 8 heteroatoms. The zero-order valence-corrected chi connectivity index (χ0v) is 12.2. The number of hydrogen-bond donors (Lipinski definition) is 3. The van der Waals surface area contributed by atoms with E-state index in [9.17, 15) is 4.79 Å². The third kappa shape index (κ3) is 3.16. The maximum absolute atomic E-state index is 11.1. The van der Waals surface area contributed by atoms with Crippen LogP contribution in [0.15, 0.2) is 35.1 Å². The predicted molar refractivity (Wildman–Crippen MR) is 81.8 cm³/mol. The number of nitrogens with two attached hydrogens (primary N) is 2. The summed E-state index contributed by atoms with van der Waals surface area (Å²) in [5, 5.41) is 6.59. The van der Waals surface area contributed by atoms with E-state index in [-0.39, 0.29) is 0 Å². The summed E-state index contributed by atoms with van der Waals surface area (Å²) in [5.74, 6) is 0.441. The number of hydrogen-bond acceptors (Lipinski definition) is 4. The van der Waals surface area contributed by atoms with Crippen molar-refractivity contribution < 1.29 is 9.37 Å². The van der Waals surface area contributed by atoms with E-state index in [4.69, 9.17) is 11.5 Å². The molecule has 5 N–H and O–H groups in total. The van der Waals surface area contributed by atoms with Crippen molar-refractivity contribution in [2.45, 2.75) is 0 Å². The van der Waals surface area contributed by atoms with Crippen LogP contribution in [0.1, 0.15) is 0 Å². The number of anilines is 1. The Labute approximate surface area is 122 Å². The average molecular weight is 288 g/mol. The molecule has 8 nitrogen and oxygen atoms in total. The molecule has 0 atom stereocenters. The van der Waals surface area contributed by atoms with E-state index in [2.05, 4.69) is 15.4 Å². The summed E-state index contributed by atoms with van der Waals surface area (Å²) in [6.45, 7) is 0. The molecule has 0 saturated carbocycles. The van der Waals surface area contributed by atoms with E-state index in [1.807, 2.05) is 24.7 Å². The Morgan fingerprint density at radius 3 is 2.67 bits per heavy atom. The monoisotopic (exact) mass is 288 g/mol. The van der Waals surface area contributed by atoms with Crippen molar-refractivity contribution >= 4 is 29.0 Å². The van der Waals surface area contributed by atoms with Gasteiger partial charge in [-0.05, 0) is 6.08 Å². The molecule has 2 amide bonds. The molecule has 0 unspecified atom stereocenters. The number of nitrogens with one attached hydrogen (secondary N) is 1. The molecule has 21 heavy (non-hydrogen) atoms. The minimum atomic E-state index is -0.651. The second kappa shape index (κ2) is 5.61. The van der Waals surface area contributed by atoms with Crippen molar-refractivity contribution in [1.29, 1.82) is 0 Å². The van der Waals surface area contributed by atoms with Gasteiger partial charge in [-0.3, -0.25) is 4.68 Å². The Morgan fingerprint density at radius 2 is 2.14 bits per heavy atom. The third-order valence-corrected chi connectivity index (χ3v) is 2.96. The van der Waals surface area contributed by atoms with Crippen LogP contribution >= 0.6 is 0 Å². The zero-order chi connectivity index (χ0) is 15.6. The second-order valence-corrected chi connectivity index (χ2v) is 4.74. The number of aliphatic imine (C=N–C) groups is 1. The van der Waals surface area contributed by atoms with Crippen molar-refractivity contribution in [2.24, 2.45) is 17.8 Å². The number of rotatable bonds is 2. The lowest BCUT2D eigenvalue weighted by molar-refractivity contribution is -0.462. The SMILES string of the molecule is Cn1ncc(N=C2C=CC(=[N+](C)C)C=C2NC(N)=O)c1N. The first kappa shape index (κ1) is 14.5. The first-order chi connectivity index (χ1) is 9.88. The van der Waals surface area contributed by atoms with Crippen LogP contribution in [-0.2, 0) is 7.05 Å². The predicted octanol–water partition coefficient (Wildman–Crippen LogP) is -0.0901. The van der Waals surface area contributed by atoms with E-state index < -0.39 is 6.03 Å². The van der Waals surface area contributed by atoms with Crippen molar-refractivity contribution in [3.8, 4) is 0 Å². The van der Waals surface area contributed by atoms with Gasteiger partial charge in [-0.15, -0.1) is 0 Å². The van der Waals surface area contributed by atoms with Crippen LogP contribution in [0.5, 0.6) is 0 Å². The highest BCUT2D eigenvalue weighted by Gasteiger charge is 2.17. The van der Waals surface area contributed by atoms with Crippen LogP contribution in [0.3, 0.4) is 0 Å². The summed E-state index contributed by atoms with van der Waals surface area (Å²) in [7, 11) is 5.53. The lowest BCUT2D eigenvalue weighted by Gasteiger charge is -2.11. The van der Waals surface area contributed by atoms with E-state index in [1.54, 1.807) is 25.4 Å². The van der Waals surface area contributed by atoms with Gasteiger partial charge in [-0.1, -0.05) is 0 Å². The van der Waals surface area contributed by atoms with Gasteiger partial charge in [0.05, 0.1) is 17.6 Å². The van der Waals surface area contributed by atoms with E-state index in [0.29, 0.717) is 22.9 Å². The van der Waals surface area contributed by atoms with Crippen molar-refractivity contribution in [3.63, 3.8) is 0 Å². The van der Waals surface area contributed by atoms with Gasteiger partial charge in [-0.2, -0.15) is 5.10 Å². The average Bonchev–Trinajstić information content (AvgIpc) is 2.72. The summed E-state index contributed by atoms with van der Waals surface area (Å²) in [6, 6.07) is -0.651. The highest BCUT2D eigenvalue weighted by molar-refractivity contribution is 6.21. The largest absolute Gasteiger partial charge is 0.382 e. The van der Waals surface area contributed by atoms with E-state index in [0.717, 1.165) is 5.71 Å². The molecule has 0 aromatic carbocycles. The molecule has 110 valence electrons. The minimum Gasteiger partial charge on any atom is -0.382 e. The lowest BCUT2D eigenvalue weighted by Crippen LogP contribution is -2.33. The molecular formula is C13H18N7O+. The maximum Gasteiger partial charge on any atom is 0.316 e. The Balaban J connectivity index is 2.45. The molecule has 1 aliphatic carbocycles. The van der Waals surface area contributed by atoms with Gasteiger partial charge >= 0.3 is 6.03 Å². The highest BCUT2D eigenvalue weighted by Crippen LogP contribution is 2.22. The number of carbonyl (C=O) groups is 1. The summed E-state index contributed by atoms with van der Waals surface area (Å²) in [5.41, 5.74) is 13.6. The molecule has 1 aromatic rings. The molecule has 0 fully saturated rings. The standard InChI is InChI=1S/C13H17N7O/c1-19(2)8-4-5-9(10(6-8)18-13(15)21)17-11-7-16-20(3)12(11)14/h4-7H,1-3H3,(H4,14,15,16,18,21)/p+1. The number of nitrogen functional groups attached to an aromatic ring is 1. The Bertz CT molecular complexity index is 702. The number of carbonyl (C=O) groups excluding carboxylic acids is 1. The van der Waals surface area contributed by atoms with E-state index in [1.165, 1.54) is 4.68 Å². The number of aryl methyl sites for hydroxylation is 1. The van der Waals surface area contributed by atoms with Crippen LogP contribution in [-0.4, -0.2) is 45.9 Å². The highest BCUT2D eigenvalue weighted by atomic mass is 16.2. The van der Waals surface area contributed by atoms with Gasteiger partial charge in [0.2, 0.25) is 5.71 Å². The van der Waals surface area contributed by atoms with E-state index >= 15 is 0 Å². The summed E-state index contributed by atoms with van der Waals surface area (Å²) >= 11 is 0. The number of amides is 2. The van der Waals surface area contributed by atoms with Gasteiger partial charge in [0.15, 0.2) is 0 Å². The fourth-order valence-electron chi connectivity index (χ4n) is 1.78. The lowest BCUT2D eigenvalue weighted by atomic mass is 10.1. The molecule has 1 heterocycles. The number of allylic oxidation sites excluding steroid dienone is 3. The van der Waals surface area contributed by atoms with Gasteiger partial charge < -0.3 is 16.8 Å². The van der Waals surface area contributed by atoms with Crippen molar-refractivity contribution in [3.05, 3.63) is 30.1 Å². The van der Waals surface area contributed by atoms with Gasteiger partial charge in [-0.25, -0.2) is 14.4 Å². The smallest absolute Gasteiger partial charge is 0.316 e. The third-order valence-electron chi connectivity index (χ3n) is 2.96. The minimum absolute atomic E-state index is 0.441. The number of aromatic nitrogens is 2. The zero-order valence-electron chi connectivity index (χ0n) is 12.2. The molecule has 0 radical (unpaired) electrons. The van der Waals surface area contributed by atoms with Gasteiger partial charge in [0.1, 0.15) is 25.6 Å². The topological polar surface area (TPSA) is 114 Å². The molecule has 0 aliphatic heterocycles. The van der Waals surface area contributed by atoms with Gasteiger partial charge in [0, 0.05) is 19.2 Å². The molecule has 1 aromatic heterocycles. The molecule has 0 bridgehead atoms. The Hall–Kier alpha value is -2.90. The van der Waals surface area contributed by atoms with Crippen LogP contribution in [0, 0.1) is 0 Å². The first-order valence-corrected chi connectivity index (χ1v) is 6.25. The molecule has 1 aliphatic rings. The Morgan fingerprint density at radius 1 is 1.43 bits per heavy atom. The number of primary amides is 1. The van der Waals surface area contributed by atoms with Crippen LogP contribution in [0.4, 0.5) is 16.3 Å². The molecular weight excluding hydrogens is 270 g/mol. The second-order valence-electron chi connectivity index (χ2n) is 4.74. The summed E-state index contributed by atoms with van der Waals surface area (Å²) in [4.78, 5) is 15.6. The first-order valence-electron chi connectivity index (χ1n) is 6.25. The number of urea groups is 1.